The van der Waals surface area contributed by atoms with Crippen LogP contribution in [0.4, 0.5) is 10.1 Å². The molecule has 0 aromatic heterocycles. The van der Waals surface area contributed by atoms with Gasteiger partial charge >= 0.3 is 0 Å². The summed E-state index contributed by atoms with van der Waals surface area (Å²) >= 11 is 1.54. The van der Waals surface area contributed by atoms with E-state index in [1.54, 1.807) is 25.2 Å². The number of carbonyl (C=O) groups excluding carboxylic acids is 2. The van der Waals surface area contributed by atoms with Crippen molar-refractivity contribution in [1.82, 2.24) is 4.90 Å². The predicted molar refractivity (Wildman–Crippen MR) is 99.2 cm³/mol. The van der Waals surface area contributed by atoms with Gasteiger partial charge in [-0.2, -0.15) is 0 Å². The first-order valence-corrected chi connectivity index (χ1v) is 9.14. The molecule has 2 aromatic rings. The van der Waals surface area contributed by atoms with Crippen molar-refractivity contribution in [3.8, 4) is 0 Å². The van der Waals surface area contributed by atoms with Crippen LogP contribution in [0.15, 0.2) is 53.4 Å². The summed E-state index contributed by atoms with van der Waals surface area (Å²) in [6.07, 6.45) is 2.40. The van der Waals surface area contributed by atoms with Gasteiger partial charge in [0.15, 0.2) is 0 Å². The summed E-state index contributed by atoms with van der Waals surface area (Å²) < 4.78 is 13.6. The zero-order valence-electron chi connectivity index (χ0n) is 14.3. The van der Waals surface area contributed by atoms with E-state index in [1.165, 1.54) is 22.7 Å². The molecule has 0 saturated carbocycles. The van der Waals surface area contributed by atoms with E-state index in [-0.39, 0.29) is 30.6 Å². The number of likely N-dealkylation sites (N-methyl/N-ethyl adjacent to an activating group) is 1. The Morgan fingerprint density at radius 3 is 2.52 bits per heavy atom. The van der Waals surface area contributed by atoms with Crippen LogP contribution in [0.2, 0.25) is 0 Å². The molecule has 25 heavy (non-hydrogen) atoms. The van der Waals surface area contributed by atoms with Crippen LogP contribution in [0.25, 0.3) is 0 Å². The van der Waals surface area contributed by atoms with Gasteiger partial charge in [0.1, 0.15) is 5.82 Å². The van der Waals surface area contributed by atoms with Crippen LogP contribution in [-0.2, 0) is 16.0 Å². The Hall–Kier alpha value is -2.34. The molecule has 2 aromatic carbocycles. The van der Waals surface area contributed by atoms with Crippen LogP contribution in [0, 0.1) is 5.82 Å². The minimum absolute atomic E-state index is 0.0428. The molecule has 4 nitrogen and oxygen atoms in total. The van der Waals surface area contributed by atoms with Gasteiger partial charge < -0.3 is 10.2 Å². The van der Waals surface area contributed by atoms with E-state index in [0.717, 1.165) is 10.6 Å². The number of nitrogens with zero attached hydrogens (tertiary/aromatic N) is 1. The fourth-order valence-corrected chi connectivity index (χ4v) is 2.93. The zero-order valence-corrected chi connectivity index (χ0v) is 15.1. The lowest BCUT2D eigenvalue weighted by Crippen LogP contribution is -2.35. The average Bonchev–Trinajstić information content (AvgIpc) is 2.61. The lowest BCUT2D eigenvalue weighted by atomic mass is 10.1. The van der Waals surface area contributed by atoms with E-state index in [4.69, 9.17) is 0 Å². The van der Waals surface area contributed by atoms with Gasteiger partial charge in [-0.05, 0) is 36.4 Å². The van der Waals surface area contributed by atoms with Crippen molar-refractivity contribution >= 4 is 29.3 Å². The number of halogens is 1. The molecule has 0 radical (unpaired) electrons. The second kappa shape index (κ2) is 9.22. The summed E-state index contributed by atoms with van der Waals surface area (Å²) in [5.74, 6) is -0.774. The number of rotatable bonds is 7. The average molecular weight is 360 g/mol. The molecular formula is C19H21FN2O2S. The molecule has 0 unspecified atom stereocenters. The van der Waals surface area contributed by atoms with Crippen molar-refractivity contribution in [1.29, 1.82) is 0 Å². The molecule has 6 heteroatoms. The number of hydrogen-bond acceptors (Lipinski definition) is 3. The van der Waals surface area contributed by atoms with Crippen LogP contribution in [0.5, 0.6) is 0 Å². The van der Waals surface area contributed by atoms with Gasteiger partial charge in [0.2, 0.25) is 11.8 Å². The summed E-state index contributed by atoms with van der Waals surface area (Å²) in [6, 6.07) is 13.9. The third-order valence-electron chi connectivity index (χ3n) is 3.75. The SMILES string of the molecule is CSc1ccccc1NC(=O)CN(C)C(=O)CCc1ccccc1F. The molecule has 132 valence electrons. The van der Waals surface area contributed by atoms with E-state index in [2.05, 4.69) is 5.32 Å². The minimum Gasteiger partial charge on any atom is -0.336 e. The number of nitrogens with one attached hydrogen (secondary N) is 1. The number of benzene rings is 2. The van der Waals surface area contributed by atoms with Crippen molar-refractivity contribution in [2.75, 3.05) is 25.2 Å². The van der Waals surface area contributed by atoms with Crippen LogP contribution in [0.1, 0.15) is 12.0 Å². The van der Waals surface area contributed by atoms with Crippen LogP contribution < -0.4 is 5.32 Å². The van der Waals surface area contributed by atoms with Crippen molar-refractivity contribution in [3.05, 3.63) is 59.9 Å². The van der Waals surface area contributed by atoms with E-state index in [1.807, 2.05) is 30.5 Å². The number of aryl methyl sites for hydroxylation is 1. The Morgan fingerprint density at radius 2 is 1.80 bits per heavy atom. The van der Waals surface area contributed by atoms with Crippen molar-refractivity contribution in [2.24, 2.45) is 0 Å². The second-order valence-electron chi connectivity index (χ2n) is 5.59. The fraction of sp³-hybridized carbons (Fsp3) is 0.263. The smallest absolute Gasteiger partial charge is 0.244 e. The molecule has 1 N–H and O–H groups in total. The molecule has 0 aliphatic heterocycles. The molecule has 2 amide bonds. The highest BCUT2D eigenvalue weighted by Gasteiger charge is 2.14. The largest absolute Gasteiger partial charge is 0.336 e. The van der Waals surface area contributed by atoms with Crippen molar-refractivity contribution in [2.45, 2.75) is 17.7 Å². The fourth-order valence-electron chi connectivity index (χ4n) is 2.37. The topological polar surface area (TPSA) is 49.4 Å². The van der Waals surface area contributed by atoms with E-state index >= 15 is 0 Å². The minimum atomic E-state index is -0.315. The quantitative estimate of drug-likeness (QED) is 0.768. The summed E-state index contributed by atoms with van der Waals surface area (Å²) in [4.78, 5) is 26.6. The van der Waals surface area contributed by atoms with Gasteiger partial charge in [-0.1, -0.05) is 30.3 Å². The van der Waals surface area contributed by atoms with Gasteiger partial charge in [-0.25, -0.2) is 4.39 Å². The van der Waals surface area contributed by atoms with E-state index in [0.29, 0.717) is 12.0 Å². The summed E-state index contributed by atoms with van der Waals surface area (Å²) in [5.41, 5.74) is 1.23. The summed E-state index contributed by atoms with van der Waals surface area (Å²) in [5, 5.41) is 2.82. The number of anilines is 1. The first kappa shape index (κ1) is 19.0. The second-order valence-corrected chi connectivity index (χ2v) is 6.44. The highest BCUT2D eigenvalue weighted by molar-refractivity contribution is 7.98. The third-order valence-corrected chi connectivity index (χ3v) is 4.55. The Labute approximate surface area is 151 Å². The van der Waals surface area contributed by atoms with Crippen LogP contribution >= 0.6 is 11.8 Å². The predicted octanol–water partition coefficient (Wildman–Crippen LogP) is 3.58. The Morgan fingerprint density at radius 1 is 1.12 bits per heavy atom. The number of carbonyl (C=O) groups is 2. The maximum atomic E-state index is 13.6. The van der Waals surface area contributed by atoms with Gasteiger partial charge in [0.25, 0.3) is 0 Å². The normalized spacial score (nSPS) is 10.4. The lowest BCUT2D eigenvalue weighted by Gasteiger charge is -2.17. The van der Waals surface area contributed by atoms with Crippen molar-refractivity contribution < 1.29 is 14.0 Å². The monoisotopic (exact) mass is 360 g/mol. The number of amides is 2. The third kappa shape index (κ3) is 5.60. The zero-order chi connectivity index (χ0) is 18.2. The number of thioether (sulfide) groups is 1. The van der Waals surface area contributed by atoms with E-state index in [9.17, 15) is 14.0 Å². The highest BCUT2D eigenvalue weighted by Crippen LogP contribution is 2.24. The molecule has 0 aliphatic carbocycles. The van der Waals surface area contributed by atoms with Crippen molar-refractivity contribution in [3.63, 3.8) is 0 Å². The van der Waals surface area contributed by atoms with Gasteiger partial charge in [0.05, 0.1) is 12.2 Å². The maximum absolute atomic E-state index is 13.6. The molecule has 2 rings (SSSR count). The maximum Gasteiger partial charge on any atom is 0.244 e. The van der Waals surface area contributed by atoms with Gasteiger partial charge in [0, 0.05) is 18.4 Å². The molecule has 0 heterocycles. The molecule has 0 aliphatic rings. The van der Waals surface area contributed by atoms with Crippen LogP contribution in [-0.4, -0.2) is 36.6 Å². The van der Waals surface area contributed by atoms with Crippen LogP contribution in [0.3, 0.4) is 0 Å². The summed E-state index contributed by atoms with van der Waals surface area (Å²) in [6.45, 7) is -0.0428. The molecule has 0 fully saturated rings. The molecule has 0 saturated heterocycles. The molecule has 0 bridgehead atoms. The molecule has 0 atom stereocenters. The number of hydrogen-bond donors (Lipinski definition) is 1. The van der Waals surface area contributed by atoms with E-state index < -0.39 is 0 Å². The molecular weight excluding hydrogens is 339 g/mol. The standard InChI is InChI=1S/C19H21FN2O2S/c1-22(19(24)12-11-14-7-3-4-8-15(14)20)13-18(23)21-16-9-5-6-10-17(16)25-2/h3-10H,11-13H2,1-2H3,(H,21,23). The first-order chi connectivity index (χ1) is 12.0. The van der Waals surface area contributed by atoms with Gasteiger partial charge in [-0.15, -0.1) is 11.8 Å². The highest BCUT2D eigenvalue weighted by atomic mass is 32.2. The molecule has 0 spiro atoms. The summed E-state index contributed by atoms with van der Waals surface area (Å²) in [7, 11) is 1.57. The first-order valence-electron chi connectivity index (χ1n) is 7.91. The Bertz CT molecular complexity index is 752. The van der Waals surface area contributed by atoms with Gasteiger partial charge in [-0.3, -0.25) is 9.59 Å². The number of para-hydroxylation sites is 1. The Kier molecular flexibility index (Phi) is 7.01. The lowest BCUT2D eigenvalue weighted by molar-refractivity contribution is -0.133. The Balaban J connectivity index is 1.86.